The van der Waals surface area contributed by atoms with Crippen LogP contribution in [0.3, 0.4) is 0 Å². The summed E-state index contributed by atoms with van der Waals surface area (Å²) in [5.74, 6) is -0.0117. The molecular formula is C31H43ClN2O3. The number of benzene rings is 2. The van der Waals surface area contributed by atoms with Gasteiger partial charge >= 0.3 is 0 Å². The van der Waals surface area contributed by atoms with Crippen molar-refractivity contribution in [1.29, 1.82) is 0 Å². The maximum Gasteiger partial charge on any atom is 0.227 e. The number of carbonyl (C=O) groups is 1. The molecule has 1 saturated carbocycles. The highest BCUT2D eigenvalue weighted by molar-refractivity contribution is 6.33. The molecule has 1 amide bonds. The number of nitrogens with two attached hydrogens (primary N) is 1. The van der Waals surface area contributed by atoms with Crippen LogP contribution in [0, 0.1) is 11.8 Å². The van der Waals surface area contributed by atoms with Gasteiger partial charge in [-0.05, 0) is 74.1 Å². The average molecular weight is 527 g/mol. The molecule has 2 aromatic carbocycles. The van der Waals surface area contributed by atoms with E-state index in [0.717, 1.165) is 74.6 Å². The molecule has 1 aliphatic heterocycles. The number of carbonyl (C=O) groups excluding carboxylic acids is 1. The van der Waals surface area contributed by atoms with Crippen LogP contribution in [0.5, 0.6) is 0 Å². The van der Waals surface area contributed by atoms with Gasteiger partial charge in [0.25, 0.3) is 0 Å². The minimum absolute atomic E-state index is 0.0498. The molecule has 0 bridgehead atoms. The molecule has 2 aromatic rings. The third-order valence-corrected chi connectivity index (χ3v) is 8.87. The van der Waals surface area contributed by atoms with Crippen molar-refractivity contribution in [2.24, 2.45) is 17.6 Å². The van der Waals surface area contributed by atoms with Crippen LogP contribution in [0.15, 0.2) is 42.5 Å². The smallest absolute Gasteiger partial charge is 0.227 e. The average Bonchev–Trinajstić information content (AvgIpc) is 3.36. The van der Waals surface area contributed by atoms with E-state index in [1.165, 1.54) is 5.56 Å². The highest BCUT2D eigenvalue weighted by Crippen LogP contribution is 2.46. The number of ether oxygens (including phenoxy) is 1. The van der Waals surface area contributed by atoms with Crippen molar-refractivity contribution in [2.45, 2.75) is 76.4 Å². The van der Waals surface area contributed by atoms with E-state index in [4.69, 9.17) is 22.1 Å². The second-order valence-electron chi connectivity index (χ2n) is 10.9. The normalized spacial score (nSPS) is 23.7. The van der Waals surface area contributed by atoms with Crippen molar-refractivity contribution < 1.29 is 14.6 Å². The summed E-state index contributed by atoms with van der Waals surface area (Å²) in [4.78, 5) is 15.4. The summed E-state index contributed by atoms with van der Waals surface area (Å²) < 4.78 is 5.29. The molecule has 0 radical (unpaired) electrons. The van der Waals surface area contributed by atoms with Crippen molar-refractivity contribution in [1.82, 2.24) is 4.90 Å². The number of aliphatic hydroxyl groups is 1. The maximum absolute atomic E-state index is 13.5. The first-order valence-electron chi connectivity index (χ1n) is 14.0. The van der Waals surface area contributed by atoms with Crippen molar-refractivity contribution >= 4 is 17.5 Å². The molecule has 1 aliphatic carbocycles. The zero-order valence-electron chi connectivity index (χ0n) is 22.4. The number of rotatable bonds is 10. The second-order valence-corrected chi connectivity index (χ2v) is 11.3. The first kappa shape index (κ1) is 28.1. The number of unbranched alkanes of at least 4 members (excludes halogenated alkanes) is 1. The molecule has 0 aromatic heterocycles. The van der Waals surface area contributed by atoms with Crippen LogP contribution < -0.4 is 5.73 Å². The van der Waals surface area contributed by atoms with Crippen LogP contribution in [0.1, 0.15) is 69.4 Å². The van der Waals surface area contributed by atoms with Crippen molar-refractivity contribution in [2.75, 3.05) is 26.8 Å². The largest absolute Gasteiger partial charge is 0.385 e. The Kier molecular flexibility index (Phi) is 9.68. The molecule has 0 spiro atoms. The van der Waals surface area contributed by atoms with E-state index < -0.39 is 5.60 Å². The van der Waals surface area contributed by atoms with Crippen LogP contribution in [0.25, 0.3) is 11.1 Å². The minimum Gasteiger partial charge on any atom is -0.385 e. The monoisotopic (exact) mass is 526 g/mol. The number of methoxy groups -OCH3 is 1. The van der Waals surface area contributed by atoms with Gasteiger partial charge in [0.05, 0.1) is 11.5 Å². The van der Waals surface area contributed by atoms with E-state index in [1.54, 1.807) is 7.11 Å². The van der Waals surface area contributed by atoms with Gasteiger partial charge in [-0.25, -0.2) is 0 Å². The lowest BCUT2D eigenvalue weighted by Crippen LogP contribution is -2.51. The first-order chi connectivity index (χ1) is 17.9. The van der Waals surface area contributed by atoms with Gasteiger partial charge in [-0.3, -0.25) is 4.79 Å². The Morgan fingerprint density at radius 3 is 2.70 bits per heavy atom. The molecule has 37 heavy (non-hydrogen) atoms. The van der Waals surface area contributed by atoms with Gasteiger partial charge in [0, 0.05) is 49.4 Å². The number of amides is 1. The lowest BCUT2D eigenvalue weighted by molar-refractivity contribution is -0.141. The quantitative estimate of drug-likeness (QED) is 0.376. The summed E-state index contributed by atoms with van der Waals surface area (Å²) in [7, 11) is 1.71. The molecule has 3 N–H and O–H groups in total. The van der Waals surface area contributed by atoms with E-state index in [-0.39, 0.29) is 23.8 Å². The van der Waals surface area contributed by atoms with Gasteiger partial charge in [0.15, 0.2) is 0 Å². The highest BCUT2D eigenvalue weighted by Gasteiger charge is 2.44. The summed E-state index contributed by atoms with van der Waals surface area (Å²) in [6, 6.07) is 14.3. The first-order valence-corrected chi connectivity index (χ1v) is 14.4. The fourth-order valence-electron chi connectivity index (χ4n) is 6.42. The van der Waals surface area contributed by atoms with Crippen molar-refractivity contribution in [3.63, 3.8) is 0 Å². The van der Waals surface area contributed by atoms with E-state index >= 15 is 0 Å². The summed E-state index contributed by atoms with van der Waals surface area (Å²) in [5.41, 5.74) is 9.19. The van der Waals surface area contributed by atoms with Gasteiger partial charge in [-0.15, -0.1) is 0 Å². The van der Waals surface area contributed by atoms with Gasteiger partial charge < -0.3 is 20.5 Å². The van der Waals surface area contributed by atoms with Crippen LogP contribution in [-0.4, -0.2) is 48.8 Å². The molecule has 4 atom stereocenters. The topological polar surface area (TPSA) is 75.8 Å². The number of nitrogens with zero attached hydrogens (tertiary/aromatic N) is 1. The lowest BCUT2D eigenvalue weighted by atomic mass is 9.72. The van der Waals surface area contributed by atoms with E-state index in [1.807, 2.05) is 23.1 Å². The van der Waals surface area contributed by atoms with E-state index in [9.17, 15) is 9.90 Å². The predicted octanol–water partition coefficient (Wildman–Crippen LogP) is 5.94. The third kappa shape index (κ3) is 6.22. The number of likely N-dealkylation sites (tertiary alicyclic amines) is 1. The van der Waals surface area contributed by atoms with Crippen LogP contribution in [0.4, 0.5) is 0 Å². The Balaban J connectivity index is 1.71. The van der Waals surface area contributed by atoms with Crippen molar-refractivity contribution in [3.05, 3.63) is 58.6 Å². The van der Waals surface area contributed by atoms with Gasteiger partial charge in [0.1, 0.15) is 0 Å². The predicted molar refractivity (Wildman–Crippen MR) is 151 cm³/mol. The molecule has 0 unspecified atom stereocenters. The molecule has 5 nitrogen and oxygen atoms in total. The Labute approximate surface area is 227 Å². The summed E-state index contributed by atoms with van der Waals surface area (Å²) >= 11 is 6.86. The van der Waals surface area contributed by atoms with Crippen molar-refractivity contribution in [3.8, 4) is 11.1 Å². The lowest BCUT2D eigenvalue weighted by Gasteiger charge is -2.44. The molecule has 2 aliphatic rings. The zero-order valence-corrected chi connectivity index (χ0v) is 23.2. The Hall–Kier alpha value is -1.92. The molecule has 1 saturated heterocycles. The second kappa shape index (κ2) is 12.8. The maximum atomic E-state index is 13.5. The summed E-state index contributed by atoms with van der Waals surface area (Å²) in [6.45, 7) is 4.08. The fourth-order valence-corrected chi connectivity index (χ4v) is 6.71. The minimum atomic E-state index is -1.12. The van der Waals surface area contributed by atoms with Gasteiger partial charge in [0.2, 0.25) is 5.91 Å². The van der Waals surface area contributed by atoms with Crippen LogP contribution in [-0.2, 0) is 21.6 Å². The SMILES string of the molecule is CCc1cccc(-c2c(Cl)cccc2[C@](O)(CCCCOC)[C@@H]2CCCN(C(=O)[C@@H]3CCC[C@@H]3N)C2)c1. The zero-order chi connectivity index (χ0) is 26.4. The molecule has 1 heterocycles. The molecular weight excluding hydrogens is 484 g/mol. The van der Waals surface area contributed by atoms with Crippen LogP contribution in [0.2, 0.25) is 5.02 Å². The molecule has 6 heteroatoms. The number of halogens is 1. The Morgan fingerprint density at radius 1 is 1.16 bits per heavy atom. The molecule has 202 valence electrons. The highest BCUT2D eigenvalue weighted by atomic mass is 35.5. The van der Waals surface area contributed by atoms with Gasteiger partial charge in [-0.2, -0.15) is 0 Å². The Morgan fingerprint density at radius 2 is 1.97 bits per heavy atom. The summed E-state index contributed by atoms with van der Waals surface area (Å²) in [5, 5.41) is 13.3. The van der Waals surface area contributed by atoms with E-state index in [2.05, 4.69) is 31.2 Å². The standard InChI is InChI=1S/C31H43ClN2O3/c1-3-22-10-6-11-23(20-22)29-26(14-8-15-27(29)32)31(36,17-4-5-19-37-2)24-12-9-18-34(21-24)30(35)25-13-7-16-28(25)33/h6,8,10-11,14-15,20,24-25,28,36H,3-5,7,9,12-13,16-19,21,33H2,1-2H3/t24-,25-,28+,31+/m1/s1. The fraction of sp³-hybridized carbons (Fsp3) is 0.581. The molecule has 4 rings (SSSR count). The number of aryl methyl sites for hydroxylation is 1. The third-order valence-electron chi connectivity index (χ3n) is 8.56. The number of hydrogen-bond donors (Lipinski definition) is 2. The van der Waals surface area contributed by atoms with E-state index in [0.29, 0.717) is 24.6 Å². The number of piperidine rings is 1. The molecule has 2 fully saturated rings. The Bertz CT molecular complexity index is 1060. The summed E-state index contributed by atoms with van der Waals surface area (Å²) in [6.07, 6.45) is 7.75. The van der Waals surface area contributed by atoms with Crippen LogP contribution >= 0.6 is 11.6 Å². The van der Waals surface area contributed by atoms with Gasteiger partial charge in [-0.1, -0.05) is 61.3 Å². The number of hydrogen-bond acceptors (Lipinski definition) is 4.